The van der Waals surface area contributed by atoms with E-state index in [1.807, 2.05) is 12.1 Å². The third-order valence-corrected chi connectivity index (χ3v) is 3.06. The van der Waals surface area contributed by atoms with Gasteiger partial charge in [0.2, 0.25) is 0 Å². The van der Waals surface area contributed by atoms with E-state index < -0.39 is 10.9 Å². The Kier molecular flexibility index (Phi) is 5.46. The monoisotopic (exact) mass is 313 g/mol. The second kappa shape index (κ2) is 7.74. The summed E-state index contributed by atoms with van der Waals surface area (Å²) in [6, 6.07) is 13.1. The number of carbonyl (C=O) groups is 1. The summed E-state index contributed by atoms with van der Waals surface area (Å²) >= 11 is 0. The third kappa shape index (κ3) is 4.96. The summed E-state index contributed by atoms with van der Waals surface area (Å²) in [6.07, 6.45) is 2.82. The van der Waals surface area contributed by atoms with Gasteiger partial charge in [0.25, 0.3) is 5.69 Å². The number of nitrogens with zero attached hydrogens (tertiary/aromatic N) is 1. The lowest BCUT2D eigenvalue weighted by Crippen LogP contribution is -2.00. The first-order valence-corrected chi connectivity index (χ1v) is 6.81. The van der Waals surface area contributed by atoms with Gasteiger partial charge >= 0.3 is 5.97 Å². The van der Waals surface area contributed by atoms with Crippen LogP contribution in [0, 0.1) is 10.1 Å². The lowest BCUT2D eigenvalue weighted by molar-refractivity contribution is -0.384. The van der Waals surface area contributed by atoms with Crippen molar-refractivity contribution < 1.29 is 19.2 Å². The molecule has 23 heavy (non-hydrogen) atoms. The average molecular weight is 313 g/mol. The highest BCUT2D eigenvalue weighted by atomic mass is 16.6. The maximum absolute atomic E-state index is 11.6. The number of nitro benzene ring substituents is 1. The van der Waals surface area contributed by atoms with Crippen molar-refractivity contribution in [2.45, 2.75) is 6.61 Å². The fraction of sp³-hybridized carbons (Fsp3) is 0.118. The van der Waals surface area contributed by atoms with Crippen molar-refractivity contribution in [1.29, 1.82) is 0 Å². The highest BCUT2D eigenvalue weighted by Gasteiger charge is 2.03. The SMILES string of the molecule is COc1ccc(COC(=O)/C=C/c2ccc([N+](=O)[O-])cc2)cc1. The Bertz CT molecular complexity index is 705. The molecule has 0 saturated carbocycles. The molecule has 0 spiro atoms. The lowest BCUT2D eigenvalue weighted by Gasteiger charge is -2.04. The van der Waals surface area contributed by atoms with Gasteiger partial charge in [-0.1, -0.05) is 12.1 Å². The number of carbonyl (C=O) groups excluding carboxylic acids is 1. The molecule has 0 heterocycles. The summed E-state index contributed by atoms with van der Waals surface area (Å²) in [5.41, 5.74) is 1.53. The smallest absolute Gasteiger partial charge is 0.331 e. The van der Waals surface area contributed by atoms with Gasteiger partial charge in [-0.15, -0.1) is 0 Å². The first kappa shape index (κ1) is 16.2. The minimum Gasteiger partial charge on any atom is -0.497 e. The van der Waals surface area contributed by atoms with Crippen molar-refractivity contribution in [1.82, 2.24) is 0 Å². The Morgan fingerprint density at radius 1 is 1.13 bits per heavy atom. The molecule has 0 aliphatic carbocycles. The molecule has 0 N–H and O–H groups in total. The van der Waals surface area contributed by atoms with Crippen LogP contribution >= 0.6 is 0 Å². The number of rotatable bonds is 6. The van der Waals surface area contributed by atoms with Gasteiger partial charge in [-0.2, -0.15) is 0 Å². The van der Waals surface area contributed by atoms with Gasteiger partial charge in [-0.25, -0.2) is 4.79 Å². The van der Waals surface area contributed by atoms with Gasteiger partial charge in [-0.05, 0) is 41.5 Å². The highest BCUT2D eigenvalue weighted by Crippen LogP contribution is 2.14. The summed E-state index contributed by atoms with van der Waals surface area (Å²) < 4.78 is 10.2. The minimum atomic E-state index is -0.487. The zero-order chi connectivity index (χ0) is 16.7. The van der Waals surface area contributed by atoms with Crippen LogP contribution in [-0.4, -0.2) is 18.0 Å². The zero-order valence-electron chi connectivity index (χ0n) is 12.5. The van der Waals surface area contributed by atoms with E-state index >= 15 is 0 Å². The molecule has 118 valence electrons. The molecular formula is C17H15NO5. The van der Waals surface area contributed by atoms with Crippen LogP contribution in [0.5, 0.6) is 5.75 Å². The van der Waals surface area contributed by atoms with Crippen molar-refractivity contribution in [3.63, 3.8) is 0 Å². The van der Waals surface area contributed by atoms with E-state index in [0.29, 0.717) is 5.56 Å². The summed E-state index contributed by atoms with van der Waals surface area (Å²) in [5.74, 6) is 0.248. The number of hydrogen-bond donors (Lipinski definition) is 0. The largest absolute Gasteiger partial charge is 0.497 e. The molecule has 2 aromatic carbocycles. The van der Waals surface area contributed by atoms with E-state index in [9.17, 15) is 14.9 Å². The van der Waals surface area contributed by atoms with Crippen molar-refractivity contribution >= 4 is 17.7 Å². The molecule has 0 amide bonds. The van der Waals surface area contributed by atoms with E-state index in [-0.39, 0.29) is 12.3 Å². The quantitative estimate of drug-likeness (QED) is 0.353. The van der Waals surface area contributed by atoms with Gasteiger partial charge in [0.05, 0.1) is 12.0 Å². The number of benzene rings is 2. The molecule has 0 bridgehead atoms. The van der Waals surface area contributed by atoms with Crippen LogP contribution < -0.4 is 4.74 Å². The second-order valence-corrected chi connectivity index (χ2v) is 4.64. The standard InChI is InChI=1S/C17H15NO5/c1-22-16-9-4-14(5-10-16)12-23-17(19)11-6-13-2-7-15(8-3-13)18(20)21/h2-11H,12H2,1H3/b11-6+. The fourth-order valence-electron chi connectivity index (χ4n) is 1.80. The molecule has 0 saturated heterocycles. The second-order valence-electron chi connectivity index (χ2n) is 4.64. The topological polar surface area (TPSA) is 78.7 Å². The van der Waals surface area contributed by atoms with Crippen LogP contribution in [0.1, 0.15) is 11.1 Å². The molecule has 0 radical (unpaired) electrons. The van der Waals surface area contributed by atoms with Crippen molar-refractivity contribution in [3.05, 3.63) is 75.8 Å². The van der Waals surface area contributed by atoms with E-state index in [2.05, 4.69) is 0 Å². The van der Waals surface area contributed by atoms with Gasteiger partial charge in [0.1, 0.15) is 12.4 Å². The number of ether oxygens (including phenoxy) is 2. The predicted molar refractivity (Wildman–Crippen MR) is 84.9 cm³/mol. The van der Waals surface area contributed by atoms with E-state index in [4.69, 9.17) is 9.47 Å². The maximum atomic E-state index is 11.6. The van der Waals surface area contributed by atoms with E-state index in [1.165, 1.54) is 18.2 Å². The first-order chi connectivity index (χ1) is 11.1. The third-order valence-electron chi connectivity index (χ3n) is 3.06. The molecule has 0 aliphatic rings. The Balaban J connectivity index is 1.86. The number of hydrogen-bond acceptors (Lipinski definition) is 5. The summed E-state index contributed by atoms with van der Waals surface area (Å²) in [7, 11) is 1.58. The fourth-order valence-corrected chi connectivity index (χ4v) is 1.80. The molecule has 2 rings (SSSR count). The van der Waals surface area contributed by atoms with Gasteiger partial charge < -0.3 is 9.47 Å². The normalized spacial score (nSPS) is 10.5. The molecule has 2 aromatic rings. The van der Waals surface area contributed by atoms with Crippen LogP contribution in [0.15, 0.2) is 54.6 Å². The summed E-state index contributed by atoms with van der Waals surface area (Å²) in [5, 5.41) is 10.5. The zero-order valence-corrected chi connectivity index (χ0v) is 12.5. The summed E-state index contributed by atoms with van der Waals surface area (Å²) in [6.45, 7) is 0.160. The van der Waals surface area contributed by atoms with Crippen LogP contribution in [0.25, 0.3) is 6.08 Å². The predicted octanol–water partition coefficient (Wildman–Crippen LogP) is 3.36. The number of methoxy groups -OCH3 is 1. The van der Waals surface area contributed by atoms with Crippen molar-refractivity contribution in [3.8, 4) is 5.75 Å². The van der Waals surface area contributed by atoms with Crippen molar-refractivity contribution in [2.75, 3.05) is 7.11 Å². The summed E-state index contributed by atoms with van der Waals surface area (Å²) in [4.78, 5) is 21.7. The first-order valence-electron chi connectivity index (χ1n) is 6.81. The van der Waals surface area contributed by atoms with Crippen molar-refractivity contribution in [2.24, 2.45) is 0 Å². The van der Waals surface area contributed by atoms with Crippen LogP contribution in [-0.2, 0) is 16.1 Å². The highest BCUT2D eigenvalue weighted by molar-refractivity contribution is 5.87. The van der Waals surface area contributed by atoms with Gasteiger partial charge in [0.15, 0.2) is 0 Å². The van der Waals surface area contributed by atoms with Gasteiger partial charge in [-0.3, -0.25) is 10.1 Å². The molecule has 6 heteroatoms. The number of esters is 1. The minimum absolute atomic E-state index is 0.00392. The molecule has 0 unspecified atom stereocenters. The lowest BCUT2D eigenvalue weighted by atomic mass is 10.2. The Labute approximate surface area is 133 Å². The van der Waals surface area contributed by atoms with Crippen LogP contribution in [0.4, 0.5) is 5.69 Å². The maximum Gasteiger partial charge on any atom is 0.331 e. The number of non-ortho nitro benzene ring substituents is 1. The molecule has 0 fully saturated rings. The molecule has 0 aliphatic heterocycles. The molecule has 0 aromatic heterocycles. The van der Waals surface area contributed by atoms with Crippen LogP contribution in [0.2, 0.25) is 0 Å². The Morgan fingerprint density at radius 3 is 2.35 bits per heavy atom. The Hall–Kier alpha value is -3.15. The van der Waals surface area contributed by atoms with Gasteiger partial charge in [0, 0.05) is 18.2 Å². The average Bonchev–Trinajstić information content (AvgIpc) is 2.59. The van der Waals surface area contributed by atoms with E-state index in [1.54, 1.807) is 37.5 Å². The molecular weight excluding hydrogens is 298 g/mol. The van der Waals surface area contributed by atoms with E-state index in [0.717, 1.165) is 11.3 Å². The number of nitro groups is 1. The molecule has 0 atom stereocenters. The molecule has 6 nitrogen and oxygen atoms in total. The Morgan fingerprint density at radius 2 is 1.78 bits per heavy atom. The van der Waals surface area contributed by atoms with Crippen LogP contribution in [0.3, 0.4) is 0 Å².